The minimum absolute atomic E-state index is 0.579. The lowest BCUT2D eigenvalue weighted by Crippen LogP contribution is -2.44. The van der Waals surface area contributed by atoms with Crippen LogP contribution in [0.5, 0.6) is 0 Å². The molecule has 0 saturated carbocycles. The number of nitrogens with zero attached hydrogens (tertiary/aromatic N) is 3. The van der Waals surface area contributed by atoms with Crippen LogP contribution in [0.1, 0.15) is 26.3 Å². The number of likely N-dealkylation sites (N-methyl/N-ethyl adjacent to an activating group) is 2. The maximum atomic E-state index is 2.53. The Labute approximate surface area is 135 Å². The minimum Gasteiger partial charge on any atom is -0.370 e. The highest BCUT2D eigenvalue weighted by Gasteiger charge is 2.23. The molecule has 0 N–H and O–H groups in total. The molecule has 1 saturated heterocycles. The molecular formula is C19H29N3. The fourth-order valence-corrected chi connectivity index (χ4v) is 3.89. The van der Waals surface area contributed by atoms with Crippen molar-refractivity contribution in [2.45, 2.75) is 20.8 Å². The van der Waals surface area contributed by atoms with Gasteiger partial charge in [0, 0.05) is 56.7 Å². The van der Waals surface area contributed by atoms with E-state index in [-0.39, 0.29) is 0 Å². The van der Waals surface area contributed by atoms with Gasteiger partial charge in [-0.3, -0.25) is 0 Å². The summed E-state index contributed by atoms with van der Waals surface area (Å²) in [5.41, 5.74) is 7.27. The molecule has 22 heavy (non-hydrogen) atoms. The maximum Gasteiger partial charge on any atom is 0.0444 e. The molecule has 1 aromatic carbocycles. The Morgan fingerprint density at radius 1 is 1.00 bits per heavy atom. The molecule has 0 unspecified atom stereocenters. The first-order valence-electron chi connectivity index (χ1n) is 8.46. The Morgan fingerprint density at radius 3 is 2.32 bits per heavy atom. The Balaban J connectivity index is 1.98. The number of allylic oxidation sites excluding steroid dienone is 1. The third-order valence-corrected chi connectivity index (χ3v) is 5.06. The smallest absolute Gasteiger partial charge is 0.0444 e. The molecule has 1 aromatic rings. The number of anilines is 2. The summed E-state index contributed by atoms with van der Waals surface area (Å²) in [5.74, 6) is 0.579. The highest BCUT2D eigenvalue weighted by molar-refractivity contribution is 5.85. The molecule has 0 radical (unpaired) electrons. The Hall–Kier alpha value is -1.48. The van der Waals surface area contributed by atoms with Gasteiger partial charge in [0.25, 0.3) is 0 Å². The van der Waals surface area contributed by atoms with Crippen molar-refractivity contribution in [3.63, 3.8) is 0 Å². The van der Waals surface area contributed by atoms with Gasteiger partial charge >= 0.3 is 0 Å². The van der Waals surface area contributed by atoms with Crippen molar-refractivity contribution in [3.05, 3.63) is 29.3 Å². The van der Waals surface area contributed by atoms with Gasteiger partial charge in [0.15, 0.2) is 0 Å². The molecule has 2 aliphatic heterocycles. The van der Waals surface area contributed by atoms with Gasteiger partial charge in [0.2, 0.25) is 0 Å². The van der Waals surface area contributed by atoms with E-state index in [4.69, 9.17) is 0 Å². The monoisotopic (exact) mass is 299 g/mol. The summed E-state index contributed by atoms with van der Waals surface area (Å²) in [4.78, 5) is 7.32. The van der Waals surface area contributed by atoms with Crippen molar-refractivity contribution >= 4 is 16.9 Å². The van der Waals surface area contributed by atoms with Gasteiger partial charge in [-0.05, 0) is 49.2 Å². The van der Waals surface area contributed by atoms with Crippen molar-refractivity contribution in [1.29, 1.82) is 0 Å². The van der Waals surface area contributed by atoms with Gasteiger partial charge in [-0.1, -0.05) is 13.8 Å². The third kappa shape index (κ3) is 2.74. The van der Waals surface area contributed by atoms with Crippen LogP contribution in [0, 0.1) is 5.92 Å². The summed E-state index contributed by atoms with van der Waals surface area (Å²) in [7, 11) is 4.41. The van der Waals surface area contributed by atoms with E-state index < -0.39 is 0 Å². The number of hydrogen-bond donors (Lipinski definition) is 0. The number of benzene rings is 1. The Morgan fingerprint density at radius 2 is 1.68 bits per heavy atom. The Bertz CT molecular complexity index is 580. The van der Waals surface area contributed by atoms with E-state index in [0.717, 1.165) is 32.7 Å². The van der Waals surface area contributed by atoms with Gasteiger partial charge in [-0.25, -0.2) is 0 Å². The number of piperazine rings is 1. The highest BCUT2D eigenvalue weighted by Crippen LogP contribution is 2.40. The molecular weight excluding hydrogens is 270 g/mol. The van der Waals surface area contributed by atoms with Gasteiger partial charge < -0.3 is 14.7 Å². The van der Waals surface area contributed by atoms with Crippen molar-refractivity contribution in [2.24, 2.45) is 5.92 Å². The van der Waals surface area contributed by atoms with Crippen LogP contribution >= 0.6 is 0 Å². The van der Waals surface area contributed by atoms with Gasteiger partial charge in [0.1, 0.15) is 0 Å². The fourth-order valence-electron chi connectivity index (χ4n) is 3.89. The molecule has 0 bridgehead atoms. The number of fused-ring (bicyclic) bond motifs is 1. The van der Waals surface area contributed by atoms with Crippen LogP contribution in [-0.4, -0.2) is 51.7 Å². The summed E-state index contributed by atoms with van der Waals surface area (Å²) in [6.07, 6.45) is 0. The topological polar surface area (TPSA) is 9.72 Å². The molecule has 2 heterocycles. The minimum atomic E-state index is 0.579. The zero-order valence-electron chi connectivity index (χ0n) is 14.7. The normalized spacial score (nSPS) is 19.9. The second kappa shape index (κ2) is 5.96. The molecule has 3 rings (SSSR count). The molecule has 0 amide bonds. The summed E-state index contributed by atoms with van der Waals surface area (Å²) < 4.78 is 0. The molecule has 0 aliphatic carbocycles. The molecule has 120 valence electrons. The van der Waals surface area contributed by atoms with E-state index in [1.54, 1.807) is 5.57 Å². The molecule has 1 fully saturated rings. The van der Waals surface area contributed by atoms with E-state index >= 15 is 0 Å². The zero-order chi connectivity index (χ0) is 15.9. The van der Waals surface area contributed by atoms with Gasteiger partial charge in [-0.2, -0.15) is 0 Å². The zero-order valence-corrected chi connectivity index (χ0v) is 14.7. The molecule has 3 nitrogen and oxygen atoms in total. The van der Waals surface area contributed by atoms with Crippen LogP contribution in [0.2, 0.25) is 0 Å². The summed E-state index contributed by atoms with van der Waals surface area (Å²) >= 11 is 0. The van der Waals surface area contributed by atoms with Crippen LogP contribution in [0.15, 0.2) is 23.8 Å². The van der Waals surface area contributed by atoms with Crippen molar-refractivity contribution in [1.82, 2.24) is 4.90 Å². The van der Waals surface area contributed by atoms with E-state index in [1.807, 2.05) is 0 Å². The number of rotatable bonds is 2. The summed E-state index contributed by atoms with van der Waals surface area (Å²) in [5, 5.41) is 0. The molecule has 3 heteroatoms. The van der Waals surface area contributed by atoms with Crippen LogP contribution in [0.3, 0.4) is 0 Å². The highest BCUT2D eigenvalue weighted by atomic mass is 15.2. The predicted molar refractivity (Wildman–Crippen MR) is 96.9 cm³/mol. The lowest BCUT2D eigenvalue weighted by molar-refractivity contribution is 0.313. The van der Waals surface area contributed by atoms with Gasteiger partial charge in [-0.15, -0.1) is 0 Å². The average molecular weight is 299 g/mol. The second-order valence-corrected chi connectivity index (χ2v) is 7.20. The quantitative estimate of drug-likeness (QED) is 0.829. The first-order valence-corrected chi connectivity index (χ1v) is 8.46. The largest absolute Gasteiger partial charge is 0.370 e. The fraction of sp³-hybridized carbons (Fsp3) is 0.579. The van der Waals surface area contributed by atoms with Crippen molar-refractivity contribution in [3.8, 4) is 0 Å². The predicted octanol–water partition coefficient (Wildman–Crippen LogP) is 3.32. The van der Waals surface area contributed by atoms with Crippen LogP contribution in [0.25, 0.3) is 5.57 Å². The molecule has 0 atom stereocenters. The standard InChI is InChI=1S/C19H29N3/c1-14(2)19-15(3)13-21(5)18-7-6-16(12-17(18)19)22-10-8-20(4)9-11-22/h6-7,12,14H,8-11,13H2,1-5H3. The van der Waals surface area contributed by atoms with Crippen LogP contribution in [-0.2, 0) is 0 Å². The first kappa shape index (κ1) is 15.4. The molecule has 0 aromatic heterocycles. The van der Waals surface area contributed by atoms with E-state index in [9.17, 15) is 0 Å². The average Bonchev–Trinajstić information content (AvgIpc) is 2.47. The van der Waals surface area contributed by atoms with Crippen molar-refractivity contribution < 1.29 is 0 Å². The molecule has 2 aliphatic rings. The van der Waals surface area contributed by atoms with Crippen LogP contribution < -0.4 is 9.80 Å². The summed E-state index contributed by atoms with van der Waals surface area (Å²) in [6, 6.07) is 7.05. The lowest BCUT2D eigenvalue weighted by atomic mass is 9.86. The van der Waals surface area contributed by atoms with E-state index in [0.29, 0.717) is 5.92 Å². The lowest BCUT2D eigenvalue weighted by Gasteiger charge is -2.36. The SMILES string of the molecule is CC1=C(C(C)C)c2cc(N3CCN(C)CC3)ccc2N(C)C1. The summed E-state index contributed by atoms with van der Waals surface area (Å²) in [6.45, 7) is 12.5. The first-order chi connectivity index (χ1) is 10.5. The maximum absolute atomic E-state index is 2.53. The third-order valence-electron chi connectivity index (χ3n) is 5.06. The second-order valence-electron chi connectivity index (χ2n) is 7.20. The Kier molecular flexibility index (Phi) is 4.18. The van der Waals surface area contributed by atoms with Gasteiger partial charge in [0.05, 0.1) is 0 Å². The number of hydrogen-bond acceptors (Lipinski definition) is 3. The van der Waals surface area contributed by atoms with Crippen molar-refractivity contribution in [2.75, 3.05) is 56.6 Å². The van der Waals surface area contributed by atoms with E-state index in [1.165, 1.54) is 22.5 Å². The van der Waals surface area contributed by atoms with E-state index in [2.05, 4.69) is 67.8 Å². The molecule has 0 spiro atoms. The van der Waals surface area contributed by atoms with Crippen LogP contribution in [0.4, 0.5) is 11.4 Å².